The maximum Gasteiger partial charge on any atom is 0.224 e. The van der Waals surface area contributed by atoms with E-state index in [1.54, 1.807) is 10.7 Å². The Morgan fingerprint density at radius 2 is 2.11 bits per heavy atom. The number of rotatable bonds is 4. The van der Waals surface area contributed by atoms with E-state index in [0.29, 0.717) is 18.7 Å². The molecule has 0 saturated carbocycles. The smallest absolute Gasteiger partial charge is 0.224 e. The highest BCUT2D eigenvalue weighted by Crippen LogP contribution is 2.11. The first-order valence-corrected chi connectivity index (χ1v) is 6.15. The Morgan fingerprint density at radius 3 is 2.74 bits per heavy atom. The molecule has 2 aromatic rings. The van der Waals surface area contributed by atoms with Crippen LogP contribution in [0.25, 0.3) is 0 Å². The van der Waals surface area contributed by atoms with Crippen molar-refractivity contribution in [2.75, 3.05) is 5.73 Å². The van der Waals surface area contributed by atoms with Crippen molar-refractivity contribution >= 4 is 11.6 Å². The molecule has 0 unspecified atom stereocenters. The number of nitrogens with one attached hydrogen (secondary N) is 1. The van der Waals surface area contributed by atoms with Gasteiger partial charge in [-0.05, 0) is 18.6 Å². The zero-order chi connectivity index (χ0) is 13.8. The van der Waals surface area contributed by atoms with Crippen molar-refractivity contribution in [1.29, 1.82) is 0 Å². The zero-order valence-corrected chi connectivity index (χ0v) is 11.2. The van der Waals surface area contributed by atoms with Gasteiger partial charge in [-0.3, -0.25) is 9.48 Å². The Hall–Kier alpha value is -2.30. The highest BCUT2D eigenvalue weighted by molar-refractivity contribution is 5.80. The van der Waals surface area contributed by atoms with E-state index in [9.17, 15) is 4.79 Å². The van der Waals surface area contributed by atoms with Crippen LogP contribution in [0.2, 0.25) is 0 Å². The van der Waals surface area contributed by atoms with E-state index >= 15 is 0 Å². The fourth-order valence-corrected chi connectivity index (χ4v) is 1.95. The van der Waals surface area contributed by atoms with Crippen LogP contribution >= 0.6 is 0 Å². The Morgan fingerprint density at radius 1 is 1.37 bits per heavy atom. The lowest BCUT2D eigenvalue weighted by Crippen LogP contribution is -2.25. The zero-order valence-electron chi connectivity index (χ0n) is 11.2. The molecule has 100 valence electrons. The lowest BCUT2D eigenvalue weighted by molar-refractivity contribution is -0.120. The predicted molar refractivity (Wildman–Crippen MR) is 74.4 cm³/mol. The van der Waals surface area contributed by atoms with Crippen LogP contribution < -0.4 is 11.1 Å². The van der Waals surface area contributed by atoms with Crippen molar-refractivity contribution in [1.82, 2.24) is 15.1 Å². The summed E-state index contributed by atoms with van der Waals surface area (Å²) < 4.78 is 1.74. The average Bonchev–Trinajstić information content (AvgIpc) is 2.68. The third-order valence-electron chi connectivity index (χ3n) is 3.00. The molecule has 0 aliphatic carbocycles. The van der Waals surface area contributed by atoms with Gasteiger partial charge in [-0.25, -0.2) is 0 Å². The van der Waals surface area contributed by atoms with Crippen LogP contribution in [0.4, 0.5) is 5.69 Å². The van der Waals surface area contributed by atoms with E-state index in [-0.39, 0.29) is 5.91 Å². The van der Waals surface area contributed by atoms with E-state index in [1.165, 1.54) is 0 Å². The molecule has 0 spiro atoms. The monoisotopic (exact) mass is 258 g/mol. The van der Waals surface area contributed by atoms with Gasteiger partial charge in [0.2, 0.25) is 5.91 Å². The Balaban J connectivity index is 1.92. The molecular formula is C14H18N4O. The fourth-order valence-electron chi connectivity index (χ4n) is 1.95. The third kappa shape index (κ3) is 3.34. The highest BCUT2D eigenvalue weighted by atomic mass is 16.1. The summed E-state index contributed by atoms with van der Waals surface area (Å²) in [5, 5.41) is 7.11. The quantitative estimate of drug-likeness (QED) is 0.808. The number of nitrogens with two attached hydrogens (primary N) is 1. The molecule has 5 heteroatoms. The van der Waals surface area contributed by atoms with E-state index < -0.39 is 0 Å². The average molecular weight is 258 g/mol. The standard InChI is InChI=1S/C14H18N4O/c1-10-12(9-18(2)17-10)8-16-14(19)7-11-5-3-4-6-13(11)15/h3-6,9H,7-8,15H2,1-2H3,(H,16,19). The first kappa shape index (κ1) is 13.1. The lowest BCUT2D eigenvalue weighted by atomic mass is 10.1. The van der Waals surface area contributed by atoms with Gasteiger partial charge in [0, 0.05) is 31.0 Å². The van der Waals surface area contributed by atoms with Crippen molar-refractivity contribution < 1.29 is 4.79 Å². The van der Waals surface area contributed by atoms with Crippen LogP contribution in [0.1, 0.15) is 16.8 Å². The molecule has 0 bridgehead atoms. The SMILES string of the molecule is Cc1nn(C)cc1CNC(=O)Cc1ccccc1N. The largest absolute Gasteiger partial charge is 0.398 e. The van der Waals surface area contributed by atoms with Crippen molar-refractivity contribution in [2.45, 2.75) is 19.9 Å². The topological polar surface area (TPSA) is 72.9 Å². The molecule has 1 amide bonds. The van der Waals surface area contributed by atoms with Gasteiger partial charge in [-0.15, -0.1) is 0 Å². The normalized spacial score (nSPS) is 10.4. The van der Waals surface area contributed by atoms with Gasteiger partial charge < -0.3 is 11.1 Å². The van der Waals surface area contributed by atoms with Crippen molar-refractivity contribution in [2.24, 2.45) is 7.05 Å². The number of benzene rings is 1. The number of aryl methyl sites for hydroxylation is 2. The van der Waals surface area contributed by atoms with E-state index in [0.717, 1.165) is 16.8 Å². The van der Waals surface area contributed by atoms with Gasteiger partial charge in [-0.2, -0.15) is 5.10 Å². The number of amides is 1. The third-order valence-corrected chi connectivity index (χ3v) is 3.00. The summed E-state index contributed by atoms with van der Waals surface area (Å²) in [5.41, 5.74) is 9.27. The van der Waals surface area contributed by atoms with E-state index in [2.05, 4.69) is 10.4 Å². The molecule has 1 aromatic heterocycles. The fraction of sp³-hybridized carbons (Fsp3) is 0.286. The van der Waals surface area contributed by atoms with E-state index in [1.807, 2.05) is 38.4 Å². The number of hydrogen-bond acceptors (Lipinski definition) is 3. The number of carbonyl (C=O) groups is 1. The minimum absolute atomic E-state index is 0.0406. The Bertz CT molecular complexity index is 589. The van der Waals surface area contributed by atoms with Crippen molar-refractivity contribution in [3.05, 3.63) is 47.3 Å². The number of hydrogen-bond donors (Lipinski definition) is 2. The van der Waals surface area contributed by atoms with E-state index in [4.69, 9.17) is 5.73 Å². The van der Waals surface area contributed by atoms with Crippen LogP contribution in [0, 0.1) is 6.92 Å². The molecule has 0 aliphatic rings. The predicted octanol–water partition coefficient (Wildman–Crippen LogP) is 1.17. The maximum atomic E-state index is 11.9. The first-order chi connectivity index (χ1) is 9.06. The number of aromatic nitrogens is 2. The summed E-state index contributed by atoms with van der Waals surface area (Å²) in [6.45, 7) is 2.42. The molecule has 0 fully saturated rings. The van der Waals surface area contributed by atoms with Gasteiger partial charge in [0.05, 0.1) is 12.1 Å². The van der Waals surface area contributed by atoms with Crippen LogP contribution in [0.5, 0.6) is 0 Å². The Labute approximate surface area is 112 Å². The molecule has 19 heavy (non-hydrogen) atoms. The highest BCUT2D eigenvalue weighted by Gasteiger charge is 2.08. The molecule has 0 aliphatic heterocycles. The van der Waals surface area contributed by atoms with Crippen molar-refractivity contribution in [3.63, 3.8) is 0 Å². The second-order valence-electron chi connectivity index (χ2n) is 4.57. The van der Waals surface area contributed by atoms with Crippen LogP contribution in [0.15, 0.2) is 30.5 Å². The van der Waals surface area contributed by atoms with Crippen LogP contribution in [-0.4, -0.2) is 15.7 Å². The van der Waals surface area contributed by atoms with Gasteiger partial charge >= 0.3 is 0 Å². The number of nitrogen functional groups attached to an aromatic ring is 1. The molecule has 1 heterocycles. The summed E-state index contributed by atoms with van der Waals surface area (Å²) >= 11 is 0. The summed E-state index contributed by atoms with van der Waals surface area (Å²) in [5.74, 6) is -0.0406. The molecule has 5 nitrogen and oxygen atoms in total. The second kappa shape index (κ2) is 5.56. The summed E-state index contributed by atoms with van der Waals surface area (Å²) in [7, 11) is 1.86. The molecule has 0 saturated heterocycles. The van der Waals surface area contributed by atoms with Gasteiger partial charge in [-0.1, -0.05) is 18.2 Å². The molecule has 3 N–H and O–H groups in total. The van der Waals surface area contributed by atoms with Gasteiger partial charge in [0.15, 0.2) is 0 Å². The Kier molecular flexibility index (Phi) is 3.85. The molecular weight excluding hydrogens is 240 g/mol. The molecule has 0 atom stereocenters. The number of carbonyl (C=O) groups excluding carboxylic acids is 1. The van der Waals surface area contributed by atoms with Crippen LogP contribution in [-0.2, 0) is 24.8 Å². The summed E-state index contributed by atoms with van der Waals surface area (Å²) in [6.07, 6.45) is 2.21. The summed E-state index contributed by atoms with van der Waals surface area (Å²) in [4.78, 5) is 11.9. The summed E-state index contributed by atoms with van der Waals surface area (Å²) in [6, 6.07) is 7.40. The van der Waals surface area contributed by atoms with Gasteiger partial charge in [0.25, 0.3) is 0 Å². The minimum atomic E-state index is -0.0406. The maximum absolute atomic E-state index is 11.9. The number of anilines is 1. The van der Waals surface area contributed by atoms with Gasteiger partial charge in [0.1, 0.15) is 0 Å². The molecule has 1 aromatic carbocycles. The lowest BCUT2D eigenvalue weighted by Gasteiger charge is -2.06. The second-order valence-corrected chi connectivity index (χ2v) is 4.57. The first-order valence-electron chi connectivity index (χ1n) is 6.15. The number of para-hydroxylation sites is 1. The number of nitrogens with zero attached hydrogens (tertiary/aromatic N) is 2. The molecule has 0 radical (unpaired) electrons. The van der Waals surface area contributed by atoms with Crippen molar-refractivity contribution in [3.8, 4) is 0 Å². The minimum Gasteiger partial charge on any atom is -0.398 e. The molecule has 2 rings (SSSR count). The van der Waals surface area contributed by atoms with Crippen LogP contribution in [0.3, 0.4) is 0 Å².